The normalized spacial score (nSPS) is 16.1. The summed E-state index contributed by atoms with van der Waals surface area (Å²) in [6, 6.07) is 10.6. The number of hydrogen-bond acceptors (Lipinski definition) is 3. The zero-order valence-electron chi connectivity index (χ0n) is 14.9. The molecule has 9 heteroatoms. The number of carbonyl (C=O) groups is 1. The zero-order chi connectivity index (χ0) is 20.3. The van der Waals surface area contributed by atoms with Crippen molar-refractivity contribution in [3.05, 3.63) is 63.9 Å². The molecule has 2 aromatic carbocycles. The highest BCUT2D eigenvalue weighted by Crippen LogP contribution is 2.33. The van der Waals surface area contributed by atoms with Crippen molar-refractivity contribution in [1.82, 2.24) is 9.62 Å². The quantitative estimate of drug-likeness (QED) is 0.761. The third kappa shape index (κ3) is 4.66. The number of nitrogens with one attached hydrogen (secondary N) is 1. The van der Waals surface area contributed by atoms with Crippen LogP contribution in [-0.2, 0) is 21.4 Å². The molecule has 0 aliphatic carbocycles. The number of carbonyl (C=O) groups excluding carboxylic acids is 1. The van der Waals surface area contributed by atoms with E-state index in [4.69, 9.17) is 23.2 Å². The summed E-state index contributed by atoms with van der Waals surface area (Å²) in [7, 11) is -3.84. The van der Waals surface area contributed by atoms with E-state index < -0.39 is 10.0 Å². The van der Waals surface area contributed by atoms with E-state index >= 15 is 0 Å². The first-order chi connectivity index (χ1) is 13.3. The molecule has 0 spiro atoms. The minimum absolute atomic E-state index is 0.0717. The molecule has 5 nitrogen and oxygen atoms in total. The van der Waals surface area contributed by atoms with Crippen LogP contribution in [0.15, 0.2) is 47.4 Å². The zero-order valence-corrected chi connectivity index (χ0v) is 17.2. The molecular formula is C19H19Cl2FN2O3S. The van der Waals surface area contributed by atoms with E-state index in [9.17, 15) is 17.6 Å². The minimum Gasteiger partial charge on any atom is -0.352 e. The molecule has 1 amide bonds. The van der Waals surface area contributed by atoms with Crippen molar-refractivity contribution in [1.29, 1.82) is 0 Å². The second kappa shape index (κ2) is 8.78. The van der Waals surface area contributed by atoms with Crippen LogP contribution < -0.4 is 5.32 Å². The average Bonchev–Trinajstić information content (AvgIpc) is 2.66. The summed E-state index contributed by atoms with van der Waals surface area (Å²) in [4.78, 5) is 12.3. The third-order valence-electron chi connectivity index (χ3n) is 4.70. The standard InChI is InChI=1S/C19H19Cl2FN2O3S/c20-16-5-2-6-17(21)18(16)28(26,27)24-9-7-14(8-10-24)19(25)23-12-13-3-1-4-15(22)11-13/h1-6,11,14H,7-10,12H2,(H,23,25). The first-order valence-corrected chi connectivity index (χ1v) is 10.9. The van der Waals surface area contributed by atoms with Crippen LogP contribution in [0.25, 0.3) is 0 Å². The monoisotopic (exact) mass is 444 g/mol. The Bertz CT molecular complexity index is 957. The minimum atomic E-state index is -3.84. The highest BCUT2D eigenvalue weighted by molar-refractivity contribution is 7.89. The topological polar surface area (TPSA) is 66.5 Å². The second-order valence-corrected chi connectivity index (χ2v) is 9.27. The van der Waals surface area contributed by atoms with E-state index in [0.717, 1.165) is 0 Å². The van der Waals surface area contributed by atoms with Gasteiger partial charge >= 0.3 is 0 Å². The summed E-state index contributed by atoms with van der Waals surface area (Å²) in [6.45, 7) is 0.619. The lowest BCUT2D eigenvalue weighted by Crippen LogP contribution is -2.43. The fourth-order valence-corrected chi connectivity index (χ4v) is 5.76. The molecule has 0 atom stereocenters. The van der Waals surface area contributed by atoms with Crippen LogP contribution in [0.3, 0.4) is 0 Å². The summed E-state index contributed by atoms with van der Waals surface area (Å²) in [5.74, 6) is -0.831. The second-order valence-electron chi connectivity index (χ2n) is 6.58. The molecule has 0 saturated carbocycles. The number of sulfonamides is 1. The van der Waals surface area contributed by atoms with E-state index in [1.807, 2.05) is 0 Å². The molecule has 1 saturated heterocycles. The molecule has 3 rings (SSSR count). The van der Waals surface area contributed by atoms with Crippen molar-refractivity contribution in [2.24, 2.45) is 5.92 Å². The molecule has 2 aromatic rings. The van der Waals surface area contributed by atoms with Gasteiger partial charge in [0.2, 0.25) is 15.9 Å². The van der Waals surface area contributed by atoms with Crippen molar-refractivity contribution >= 4 is 39.1 Å². The Morgan fingerprint density at radius 3 is 2.32 bits per heavy atom. The van der Waals surface area contributed by atoms with Gasteiger partial charge in [-0.05, 0) is 42.7 Å². The molecular weight excluding hydrogens is 426 g/mol. The van der Waals surface area contributed by atoms with Gasteiger partial charge in [-0.1, -0.05) is 41.4 Å². The summed E-state index contributed by atoms with van der Waals surface area (Å²) in [5, 5.41) is 2.93. The molecule has 1 fully saturated rings. The highest BCUT2D eigenvalue weighted by atomic mass is 35.5. The molecule has 0 bridgehead atoms. The third-order valence-corrected chi connectivity index (χ3v) is 7.55. The van der Waals surface area contributed by atoms with Gasteiger partial charge in [0, 0.05) is 25.6 Å². The van der Waals surface area contributed by atoms with Crippen LogP contribution in [0, 0.1) is 11.7 Å². The van der Waals surface area contributed by atoms with Gasteiger partial charge in [0.05, 0.1) is 10.0 Å². The van der Waals surface area contributed by atoms with Crippen LogP contribution in [0.2, 0.25) is 10.0 Å². The number of nitrogens with zero attached hydrogens (tertiary/aromatic N) is 1. The first kappa shape index (κ1) is 21.0. The van der Waals surface area contributed by atoms with Crippen molar-refractivity contribution in [3.8, 4) is 0 Å². The van der Waals surface area contributed by atoms with E-state index in [-0.39, 0.29) is 52.2 Å². The van der Waals surface area contributed by atoms with Crippen LogP contribution in [0.1, 0.15) is 18.4 Å². The maximum Gasteiger partial charge on any atom is 0.246 e. The number of benzene rings is 2. The van der Waals surface area contributed by atoms with Crippen LogP contribution in [0.4, 0.5) is 4.39 Å². The molecule has 28 heavy (non-hydrogen) atoms. The predicted molar refractivity (Wildman–Crippen MR) is 106 cm³/mol. The molecule has 0 aromatic heterocycles. The highest BCUT2D eigenvalue weighted by Gasteiger charge is 2.34. The van der Waals surface area contributed by atoms with Crippen LogP contribution >= 0.6 is 23.2 Å². The summed E-state index contributed by atoms with van der Waals surface area (Å²) < 4.78 is 40.2. The number of rotatable bonds is 5. The largest absolute Gasteiger partial charge is 0.352 e. The molecule has 1 heterocycles. The van der Waals surface area contributed by atoms with Gasteiger partial charge in [-0.25, -0.2) is 12.8 Å². The molecule has 1 aliphatic heterocycles. The van der Waals surface area contributed by atoms with Crippen LogP contribution in [-0.4, -0.2) is 31.7 Å². The predicted octanol–water partition coefficient (Wildman–Crippen LogP) is 3.85. The van der Waals surface area contributed by atoms with Gasteiger partial charge in [-0.3, -0.25) is 4.79 Å². The lowest BCUT2D eigenvalue weighted by Gasteiger charge is -2.31. The van der Waals surface area contributed by atoms with Crippen molar-refractivity contribution < 1.29 is 17.6 Å². The van der Waals surface area contributed by atoms with Gasteiger partial charge in [0.25, 0.3) is 0 Å². The lowest BCUT2D eigenvalue weighted by molar-refractivity contribution is -0.126. The van der Waals surface area contributed by atoms with Crippen molar-refractivity contribution in [3.63, 3.8) is 0 Å². The van der Waals surface area contributed by atoms with Crippen LogP contribution in [0.5, 0.6) is 0 Å². The van der Waals surface area contributed by atoms with E-state index in [2.05, 4.69) is 5.32 Å². The summed E-state index contributed by atoms with van der Waals surface area (Å²) in [6.07, 6.45) is 0.770. The smallest absolute Gasteiger partial charge is 0.246 e. The maximum atomic E-state index is 13.2. The molecule has 0 radical (unpaired) electrons. The molecule has 150 valence electrons. The van der Waals surface area contributed by atoms with Gasteiger partial charge < -0.3 is 5.32 Å². The summed E-state index contributed by atoms with van der Waals surface area (Å²) >= 11 is 12.1. The average molecular weight is 445 g/mol. The molecule has 0 unspecified atom stereocenters. The number of amides is 1. The maximum absolute atomic E-state index is 13.2. The Kier molecular flexibility index (Phi) is 6.60. The van der Waals surface area contributed by atoms with Gasteiger partial charge in [0.1, 0.15) is 10.7 Å². The number of hydrogen-bond donors (Lipinski definition) is 1. The van der Waals surface area contributed by atoms with E-state index in [0.29, 0.717) is 18.4 Å². The first-order valence-electron chi connectivity index (χ1n) is 8.75. The Hall–Kier alpha value is -1.67. The fraction of sp³-hybridized carbons (Fsp3) is 0.316. The fourth-order valence-electron chi connectivity index (χ4n) is 3.20. The number of piperidine rings is 1. The van der Waals surface area contributed by atoms with Crippen molar-refractivity contribution in [2.45, 2.75) is 24.3 Å². The van der Waals surface area contributed by atoms with Gasteiger partial charge in [0.15, 0.2) is 0 Å². The van der Waals surface area contributed by atoms with Gasteiger partial charge in [-0.2, -0.15) is 4.31 Å². The Labute approximate surface area is 173 Å². The Morgan fingerprint density at radius 1 is 1.11 bits per heavy atom. The van der Waals surface area contributed by atoms with Crippen molar-refractivity contribution in [2.75, 3.05) is 13.1 Å². The van der Waals surface area contributed by atoms with E-state index in [1.165, 1.54) is 28.6 Å². The molecule has 1 N–H and O–H groups in total. The number of halogens is 3. The Balaban J connectivity index is 1.60. The summed E-state index contributed by atoms with van der Waals surface area (Å²) in [5.41, 5.74) is 0.668. The molecule has 1 aliphatic rings. The van der Waals surface area contributed by atoms with E-state index in [1.54, 1.807) is 18.2 Å². The Morgan fingerprint density at radius 2 is 1.71 bits per heavy atom. The lowest BCUT2D eigenvalue weighted by atomic mass is 9.97. The van der Waals surface area contributed by atoms with Gasteiger partial charge in [-0.15, -0.1) is 0 Å². The SMILES string of the molecule is O=C(NCc1cccc(F)c1)C1CCN(S(=O)(=O)c2c(Cl)cccc2Cl)CC1.